The van der Waals surface area contributed by atoms with Gasteiger partial charge in [-0.05, 0) is 32.4 Å². The van der Waals surface area contributed by atoms with E-state index in [1.54, 1.807) is 21.8 Å². The van der Waals surface area contributed by atoms with Gasteiger partial charge in [0.1, 0.15) is 0 Å². The van der Waals surface area contributed by atoms with Crippen LogP contribution < -0.4 is 5.56 Å². The third-order valence-corrected chi connectivity index (χ3v) is 5.61. The van der Waals surface area contributed by atoms with Crippen LogP contribution in [0.4, 0.5) is 0 Å². The van der Waals surface area contributed by atoms with Gasteiger partial charge in [-0.15, -0.1) is 11.3 Å². The molecule has 126 valence electrons. The summed E-state index contributed by atoms with van der Waals surface area (Å²) in [7, 11) is 1.99. The first-order valence-corrected chi connectivity index (χ1v) is 9.14. The Morgan fingerprint density at radius 3 is 3.04 bits per heavy atom. The molecule has 1 aliphatic heterocycles. The van der Waals surface area contributed by atoms with Crippen molar-refractivity contribution in [2.24, 2.45) is 7.05 Å². The molecule has 4 heterocycles. The molecule has 7 heteroatoms. The number of hydrogen-bond donors (Lipinski definition) is 0. The van der Waals surface area contributed by atoms with Crippen LogP contribution in [0, 0.1) is 6.92 Å². The molecule has 6 nitrogen and oxygen atoms in total. The van der Waals surface area contributed by atoms with Gasteiger partial charge in [-0.2, -0.15) is 5.10 Å². The molecule has 0 bridgehead atoms. The fourth-order valence-electron chi connectivity index (χ4n) is 3.57. The second-order valence-electron chi connectivity index (χ2n) is 6.44. The van der Waals surface area contributed by atoms with Crippen LogP contribution in [0.3, 0.4) is 0 Å². The predicted molar refractivity (Wildman–Crippen MR) is 94.3 cm³/mol. The van der Waals surface area contributed by atoms with Gasteiger partial charge < -0.3 is 0 Å². The summed E-state index contributed by atoms with van der Waals surface area (Å²) in [6.45, 7) is 3.74. The van der Waals surface area contributed by atoms with E-state index >= 15 is 0 Å². The zero-order chi connectivity index (χ0) is 16.7. The van der Waals surface area contributed by atoms with Crippen molar-refractivity contribution in [1.82, 2.24) is 24.1 Å². The maximum Gasteiger partial charge on any atom is 0.258 e. The molecular formula is C17H21N5OS. The van der Waals surface area contributed by atoms with Crippen molar-refractivity contribution in [3.05, 3.63) is 51.1 Å². The lowest BCUT2D eigenvalue weighted by molar-refractivity contribution is 0.132. The molecule has 4 rings (SSSR count). The minimum atomic E-state index is 0.00782. The van der Waals surface area contributed by atoms with E-state index in [2.05, 4.69) is 16.1 Å². The largest absolute Gasteiger partial charge is 0.289 e. The van der Waals surface area contributed by atoms with E-state index in [1.807, 2.05) is 31.0 Å². The number of thiazole rings is 1. The molecular weight excluding hydrogens is 322 g/mol. The van der Waals surface area contributed by atoms with Crippen molar-refractivity contribution in [2.45, 2.75) is 38.8 Å². The predicted octanol–water partition coefficient (Wildman–Crippen LogP) is 2.53. The van der Waals surface area contributed by atoms with Crippen molar-refractivity contribution in [1.29, 1.82) is 0 Å². The zero-order valence-corrected chi connectivity index (χ0v) is 14.8. The number of nitrogens with zero attached hydrogens (tertiary/aromatic N) is 5. The molecule has 0 aromatic carbocycles. The minimum Gasteiger partial charge on any atom is -0.289 e. The Kier molecular flexibility index (Phi) is 3.97. The maximum absolute atomic E-state index is 12.3. The SMILES string of the molecule is Cc1cn2c(=O)cc(CN3CCCCC3c3ccnn3C)nc2s1. The van der Waals surface area contributed by atoms with Crippen LogP contribution in [-0.4, -0.2) is 30.6 Å². The average Bonchev–Trinajstić information content (AvgIpc) is 3.13. The Bertz CT molecular complexity index is 925. The molecule has 24 heavy (non-hydrogen) atoms. The van der Waals surface area contributed by atoms with E-state index in [9.17, 15) is 4.79 Å². The van der Waals surface area contributed by atoms with Crippen molar-refractivity contribution in [2.75, 3.05) is 6.54 Å². The lowest BCUT2D eigenvalue weighted by atomic mass is 9.99. The van der Waals surface area contributed by atoms with Gasteiger partial charge in [-0.25, -0.2) is 4.98 Å². The highest BCUT2D eigenvalue weighted by atomic mass is 32.1. The molecule has 1 aliphatic rings. The lowest BCUT2D eigenvalue weighted by Gasteiger charge is -2.35. The molecule has 1 fully saturated rings. The lowest BCUT2D eigenvalue weighted by Crippen LogP contribution is -2.34. The van der Waals surface area contributed by atoms with Gasteiger partial charge in [-0.1, -0.05) is 6.42 Å². The number of piperidine rings is 1. The number of aromatic nitrogens is 4. The zero-order valence-electron chi connectivity index (χ0n) is 14.0. The second kappa shape index (κ2) is 6.14. The van der Waals surface area contributed by atoms with Crippen LogP contribution in [0.2, 0.25) is 0 Å². The number of hydrogen-bond acceptors (Lipinski definition) is 5. The van der Waals surface area contributed by atoms with Crippen LogP contribution in [0.1, 0.15) is 41.6 Å². The van der Waals surface area contributed by atoms with Gasteiger partial charge in [0.15, 0.2) is 4.96 Å². The van der Waals surface area contributed by atoms with Gasteiger partial charge in [-0.3, -0.25) is 18.8 Å². The van der Waals surface area contributed by atoms with E-state index in [0.29, 0.717) is 12.6 Å². The van der Waals surface area contributed by atoms with Gasteiger partial charge in [0.05, 0.1) is 17.4 Å². The second-order valence-corrected chi connectivity index (χ2v) is 7.66. The first-order chi connectivity index (χ1) is 11.6. The first-order valence-electron chi connectivity index (χ1n) is 8.32. The number of rotatable bonds is 3. The summed E-state index contributed by atoms with van der Waals surface area (Å²) >= 11 is 1.56. The maximum atomic E-state index is 12.3. The molecule has 0 saturated carbocycles. The Hall–Kier alpha value is -1.99. The molecule has 3 aromatic heterocycles. The standard InChI is InChI=1S/C17H21N5OS/c1-12-10-22-16(23)9-13(19-17(22)24-12)11-21-8-4-3-5-15(21)14-6-7-18-20(14)2/h6-7,9-10,15H,3-5,8,11H2,1-2H3. The average molecular weight is 343 g/mol. The van der Waals surface area contributed by atoms with Crippen LogP contribution in [-0.2, 0) is 13.6 Å². The highest BCUT2D eigenvalue weighted by Gasteiger charge is 2.26. The van der Waals surface area contributed by atoms with Crippen LogP contribution >= 0.6 is 11.3 Å². The third-order valence-electron chi connectivity index (χ3n) is 4.72. The molecule has 0 radical (unpaired) electrons. The molecule has 0 amide bonds. The van der Waals surface area contributed by atoms with E-state index in [0.717, 1.165) is 28.5 Å². The topological polar surface area (TPSA) is 55.4 Å². The van der Waals surface area contributed by atoms with Crippen molar-refractivity contribution in [3.63, 3.8) is 0 Å². The van der Waals surface area contributed by atoms with Crippen LogP contribution in [0.5, 0.6) is 0 Å². The normalized spacial score (nSPS) is 19.2. The molecule has 0 spiro atoms. The monoisotopic (exact) mass is 343 g/mol. The smallest absolute Gasteiger partial charge is 0.258 e. The summed E-state index contributed by atoms with van der Waals surface area (Å²) in [5.74, 6) is 0. The molecule has 0 aliphatic carbocycles. The van der Waals surface area contributed by atoms with Crippen LogP contribution in [0.15, 0.2) is 29.3 Å². The molecule has 3 aromatic rings. The summed E-state index contributed by atoms with van der Waals surface area (Å²) in [6, 6.07) is 4.11. The molecule has 0 N–H and O–H groups in total. The van der Waals surface area contributed by atoms with E-state index in [-0.39, 0.29) is 5.56 Å². The highest BCUT2D eigenvalue weighted by molar-refractivity contribution is 7.16. The van der Waals surface area contributed by atoms with Gasteiger partial charge in [0, 0.05) is 36.9 Å². The Labute approximate surface area is 144 Å². The number of likely N-dealkylation sites (tertiary alicyclic amines) is 1. The number of fused-ring (bicyclic) bond motifs is 1. The quantitative estimate of drug-likeness (QED) is 0.733. The Morgan fingerprint density at radius 2 is 2.25 bits per heavy atom. The molecule has 1 saturated heterocycles. The first kappa shape index (κ1) is 15.5. The molecule has 1 unspecified atom stereocenters. The van der Waals surface area contributed by atoms with Crippen molar-refractivity contribution in [3.8, 4) is 0 Å². The van der Waals surface area contributed by atoms with Gasteiger partial charge in [0.25, 0.3) is 5.56 Å². The van der Waals surface area contributed by atoms with E-state index in [1.165, 1.54) is 18.5 Å². The summed E-state index contributed by atoms with van der Waals surface area (Å²) in [5.41, 5.74) is 2.10. The van der Waals surface area contributed by atoms with Crippen LogP contribution in [0.25, 0.3) is 4.96 Å². The van der Waals surface area contributed by atoms with E-state index < -0.39 is 0 Å². The summed E-state index contributed by atoms with van der Waals surface area (Å²) in [6.07, 6.45) is 7.25. The fourth-order valence-corrected chi connectivity index (χ4v) is 4.42. The van der Waals surface area contributed by atoms with E-state index in [4.69, 9.17) is 4.98 Å². The minimum absolute atomic E-state index is 0.00782. The van der Waals surface area contributed by atoms with Crippen molar-refractivity contribution >= 4 is 16.3 Å². The van der Waals surface area contributed by atoms with Gasteiger partial charge in [0.2, 0.25) is 0 Å². The fraction of sp³-hybridized carbons (Fsp3) is 0.471. The summed E-state index contributed by atoms with van der Waals surface area (Å²) in [4.78, 5) is 21.3. The Morgan fingerprint density at radius 1 is 1.38 bits per heavy atom. The highest BCUT2D eigenvalue weighted by Crippen LogP contribution is 2.31. The van der Waals surface area contributed by atoms with Gasteiger partial charge >= 0.3 is 0 Å². The summed E-state index contributed by atoms with van der Waals surface area (Å²) < 4.78 is 3.59. The number of aryl methyl sites for hydroxylation is 2. The third kappa shape index (κ3) is 2.78. The Balaban J connectivity index is 1.65. The summed E-state index contributed by atoms with van der Waals surface area (Å²) in [5, 5.41) is 4.31. The molecule has 1 atom stereocenters. The van der Waals surface area contributed by atoms with Crippen molar-refractivity contribution < 1.29 is 0 Å².